The van der Waals surface area contributed by atoms with Crippen molar-refractivity contribution in [3.05, 3.63) is 93.3 Å². The summed E-state index contributed by atoms with van der Waals surface area (Å²) < 4.78 is 27.6. The van der Waals surface area contributed by atoms with E-state index in [0.717, 1.165) is 5.56 Å². The van der Waals surface area contributed by atoms with E-state index in [4.69, 9.17) is 23.2 Å². The zero-order chi connectivity index (χ0) is 23.6. The van der Waals surface area contributed by atoms with Crippen LogP contribution < -0.4 is 10.0 Å². The fourth-order valence-corrected chi connectivity index (χ4v) is 5.09. The van der Waals surface area contributed by atoms with Gasteiger partial charge in [-0.1, -0.05) is 40.9 Å². The molecule has 0 aliphatic heterocycles. The highest BCUT2D eigenvalue weighted by molar-refractivity contribution is 7.92. The highest BCUT2D eigenvalue weighted by Gasteiger charge is 2.15. The molecule has 0 aliphatic carbocycles. The zero-order valence-electron chi connectivity index (χ0n) is 17.2. The third-order valence-electron chi connectivity index (χ3n) is 4.66. The van der Waals surface area contributed by atoms with Gasteiger partial charge >= 0.3 is 0 Å². The average Bonchev–Trinajstić information content (AvgIpc) is 3.24. The first kappa shape index (κ1) is 23.3. The number of sulfonamides is 1. The number of halogens is 2. The molecule has 0 unspecified atom stereocenters. The van der Waals surface area contributed by atoms with E-state index < -0.39 is 10.0 Å². The van der Waals surface area contributed by atoms with Crippen molar-refractivity contribution in [1.29, 1.82) is 0 Å². The second-order valence-corrected chi connectivity index (χ2v) is 10.5. The maximum Gasteiger partial charge on any atom is 0.261 e. The van der Waals surface area contributed by atoms with Crippen molar-refractivity contribution in [3.63, 3.8) is 0 Å². The molecule has 0 atom stereocenters. The van der Waals surface area contributed by atoms with Gasteiger partial charge in [0.05, 0.1) is 15.6 Å². The second-order valence-electron chi connectivity index (χ2n) is 7.11. The molecule has 2 N–H and O–H groups in total. The number of aromatic nitrogens is 1. The molecule has 33 heavy (non-hydrogen) atoms. The van der Waals surface area contributed by atoms with Crippen LogP contribution in [-0.4, -0.2) is 19.3 Å². The quantitative estimate of drug-likeness (QED) is 0.306. The van der Waals surface area contributed by atoms with E-state index in [2.05, 4.69) is 15.0 Å². The van der Waals surface area contributed by atoms with Crippen molar-refractivity contribution in [2.24, 2.45) is 0 Å². The third-order valence-corrected chi connectivity index (χ3v) is 7.38. The lowest BCUT2D eigenvalue weighted by molar-refractivity contribution is 0.102. The zero-order valence-corrected chi connectivity index (χ0v) is 20.3. The Bertz CT molecular complexity index is 1420. The first-order valence-corrected chi connectivity index (χ1v) is 12.7. The van der Waals surface area contributed by atoms with Crippen LogP contribution in [0, 0.1) is 6.92 Å². The van der Waals surface area contributed by atoms with Crippen molar-refractivity contribution in [1.82, 2.24) is 4.98 Å². The van der Waals surface area contributed by atoms with Crippen LogP contribution in [0.15, 0.2) is 77.0 Å². The summed E-state index contributed by atoms with van der Waals surface area (Å²) in [7, 11) is -3.72. The van der Waals surface area contributed by atoms with E-state index >= 15 is 0 Å². The van der Waals surface area contributed by atoms with Gasteiger partial charge in [0.15, 0.2) is 5.13 Å². The number of hydrogen-bond acceptors (Lipinski definition) is 5. The normalized spacial score (nSPS) is 11.2. The van der Waals surface area contributed by atoms with Gasteiger partial charge in [-0.05, 0) is 61.5 Å². The van der Waals surface area contributed by atoms with Gasteiger partial charge < -0.3 is 0 Å². The predicted molar refractivity (Wildman–Crippen MR) is 134 cm³/mol. The Morgan fingerprint density at radius 1 is 0.970 bits per heavy atom. The number of carbonyl (C=O) groups excluding carboxylic acids is 1. The number of rotatable bonds is 6. The Morgan fingerprint density at radius 3 is 2.36 bits per heavy atom. The molecule has 0 saturated carbocycles. The number of benzene rings is 3. The largest absolute Gasteiger partial charge is 0.298 e. The molecule has 168 valence electrons. The lowest BCUT2D eigenvalue weighted by atomic mass is 10.2. The smallest absolute Gasteiger partial charge is 0.261 e. The van der Waals surface area contributed by atoms with Gasteiger partial charge in [-0.25, -0.2) is 13.4 Å². The number of nitrogens with zero attached hydrogens (tertiary/aromatic N) is 1. The molecule has 1 aromatic heterocycles. The minimum atomic E-state index is -3.72. The summed E-state index contributed by atoms with van der Waals surface area (Å²) in [6.45, 7) is 1.88. The molecule has 6 nitrogen and oxygen atoms in total. The van der Waals surface area contributed by atoms with E-state index in [1.807, 2.05) is 6.92 Å². The fraction of sp³-hybridized carbons (Fsp3) is 0.0435. The van der Waals surface area contributed by atoms with E-state index in [1.165, 1.54) is 35.6 Å². The molecule has 0 aliphatic rings. The number of thiazole rings is 1. The summed E-state index contributed by atoms with van der Waals surface area (Å²) >= 11 is 13.5. The van der Waals surface area contributed by atoms with E-state index in [-0.39, 0.29) is 10.8 Å². The monoisotopic (exact) mass is 517 g/mol. The standard InChI is InChI=1S/C23H17Cl2N3O3S2/c1-14-2-9-18(10-3-14)33(30,31)28-17-7-4-15(5-8-17)22(29)27-23-26-21(13-32-23)19-12-16(24)6-11-20(19)25/h2-13,28H,1H3,(H,26,27,29). The molecule has 3 aromatic carbocycles. The van der Waals surface area contributed by atoms with Crippen molar-refractivity contribution in [3.8, 4) is 11.3 Å². The minimum Gasteiger partial charge on any atom is -0.298 e. The van der Waals surface area contributed by atoms with Crippen LogP contribution in [0.3, 0.4) is 0 Å². The average molecular weight is 518 g/mol. The maximum atomic E-state index is 12.6. The van der Waals surface area contributed by atoms with Gasteiger partial charge in [0, 0.05) is 27.2 Å². The summed E-state index contributed by atoms with van der Waals surface area (Å²) in [5.41, 5.74) is 2.94. The lowest BCUT2D eigenvalue weighted by Crippen LogP contribution is -2.14. The van der Waals surface area contributed by atoms with Crippen LogP contribution in [0.1, 0.15) is 15.9 Å². The van der Waals surface area contributed by atoms with E-state index in [1.54, 1.807) is 47.8 Å². The van der Waals surface area contributed by atoms with Crippen molar-refractivity contribution < 1.29 is 13.2 Å². The number of carbonyl (C=O) groups is 1. The van der Waals surface area contributed by atoms with Crippen LogP contribution in [0.4, 0.5) is 10.8 Å². The molecule has 0 bridgehead atoms. The van der Waals surface area contributed by atoms with Gasteiger partial charge in [0.2, 0.25) is 0 Å². The Balaban J connectivity index is 1.44. The Hall–Kier alpha value is -2.91. The minimum absolute atomic E-state index is 0.161. The van der Waals surface area contributed by atoms with Crippen LogP contribution in [0.2, 0.25) is 10.0 Å². The van der Waals surface area contributed by atoms with Crippen LogP contribution in [-0.2, 0) is 10.0 Å². The molecular formula is C23H17Cl2N3O3S2. The lowest BCUT2D eigenvalue weighted by Gasteiger charge is -2.09. The Labute approximate surface area is 205 Å². The molecule has 10 heteroatoms. The molecule has 4 rings (SSSR count). The molecule has 0 radical (unpaired) electrons. The number of amides is 1. The molecule has 0 spiro atoms. The molecule has 0 fully saturated rings. The second kappa shape index (κ2) is 9.52. The number of anilines is 2. The Morgan fingerprint density at radius 2 is 1.67 bits per heavy atom. The fourth-order valence-electron chi connectivity index (χ4n) is 2.94. The SMILES string of the molecule is Cc1ccc(S(=O)(=O)Nc2ccc(C(=O)Nc3nc(-c4cc(Cl)ccc4Cl)cs3)cc2)cc1. The summed E-state index contributed by atoms with van der Waals surface area (Å²) in [4.78, 5) is 17.2. The van der Waals surface area contributed by atoms with Crippen molar-refractivity contribution >= 4 is 61.3 Å². The van der Waals surface area contributed by atoms with Crippen LogP contribution in [0.25, 0.3) is 11.3 Å². The third kappa shape index (κ3) is 5.54. The Kier molecular flexibility index (Phi) is 6.71. The molecule has 4 aromatic rings. The summed E-state index contributed by atoms with van der Waals surface area (Å²) in [5, 5.41) is 5.95. The first-order valence-electron chi connectivity index (χ1n) is 9.63. The van der Waals surface area contributed by atoms with Gasteiger partial charge in [-0.3, -0.25) is 14.8 Å². The van der Waals surface area contributed by atoms with Gasteiger partial charge in [-0.2, -0.15) is 0 Å². The van der Waals surface area contributed by atoms with Gasteiger partial charge in [0.1, 0.15) is 0 Å². The highest BCUT2D eigenvalue weighted by Crippen LogP contribution is 2.32. The maximum absolute atomic E-state index is 12.6. The van der Waals surface area contributed by atoms with Crippen molar-refractivity contribution in [2.45, 2.75) is 11.8 Å². The topological polar surface area (TPSA) is 88.2 Å². The molecule has 1 heterocycles. The summed E-state index contributed by atoms with van der Waals surface area (Å²) in [6, 6.07) is 17.7. The molecule has 1 amide bonds. The van der Waals surface area contributed by atoms with E-state index in [0.29, 0.717) is 37.7 Å². The number of aryl methyl sites for hydroxylation is 1. The van der Waals surface area contributed by atoms with Crippen molar-refractivity contribution in [2.75, 3.05) is 10.0 Å². The first-order chi connectivity index (χ1) is 15.7. The summed E-state index contributed by atoms with van der Waals surface area (Å²) in [5.74, 6) is -0.374. The predicted octanol–water partition coefficient (Wildman–Crippen LogP) is 6.48. The van der Waals surface area contributed by atoms with Crippen LogP contribution in [0.5, 0.6) is 0 Å². The highest BCUT2D eigenvalue weighted by atomic mass is 35.5. The van der Waals surface area contributed by atoms with Gasteiger partial charge in [0.25, 0.3) is 15.9 Å². The van der Waals surface area contributed by atoms with Gasteiger partial charge in [-0.15, -0.1) is 11.3 Å². The van der Waals surface area contributed by atoms with Crippen LogP contribution >= 0.6 is 34.5 Å². The molecular weight excluding hydrogens is 501 g/mol. The summed E-state index contributed by atoms with van der Waals surface area (Å²) in [6.07, 6.45) is 0. The number of hydrogen-bond donors (Lipinski definition) is 2. The number of nitrogens with one attached hydrogen (secondary N) is 2. The van der Waals surface area contributed by atoms with E-state index in [9.17, 15) is 13.2 Å². The molecule has 0 saturated heterocycles.